The van der Waals surface area contributed by atoms with Crippen LogP contribution in [0.2, 0.25) is 10.0 Å². The summed E-state index contributed by atoms with van der Waals surface area (Å²) in [5.41, 5.74) is 1.05. The van der Waals surface area contributed by atoms with Crippen molar-refractivity contribution in [1.82, 2.24) is 10.6 Å². The van der Waals surface area contributed by atoms with Gasteiger partial charge in [0.15, 0.2) is 6.10 Å². The molecule has 0 bridgehead atoms. The van der Waals surface area contributed by atoms with Crippen molar-refractivity contribution in [3.63, 3.8) is 0 Å². The molecule has 0 saturated heterocycles. The molecule has 0 spiro atoms. The molecule has 2 aromatic carbocycles. The number of amides is 3. The van der Waals surface area contributed by atoms with Crippen molar-refractivity contribution < 1.29 is 19.1 Å². The number of rotatable bonds is 8. The normalized spacial score (nSPS) is 11.3. The maximum absolute atomic E-state index is 12.1. The molecule has 7 nitrogen and oxygen atoms in total. The van der Waals surface area contributed by atoms with Gasteiger partial charge in [-0.05, 0) is 49.4 Å². The third kappa shape index (κ3) is 7.29. The lowest BCUT2D eigenvalue weighted by atomic mass is 10.2. The lowest BCUT2D eigenvalue weighted by molar-refractivity contribution is -0.127. The van der Waals surface area contributed by atoms with Crippen LogP contribution in [0.4, 0.5) is 5.69 Å². The number of carbonyl (C=O) groups is 3. The fourth-order valence-electron chi connectivity index (χ4n) is 2.33. The largest absolute Gasteiger partial charge is 0.479 e. The Morgan fingerprint density at radius 3 is 2.28 bits per heavy atom. The van der Waals surface area contributed by atoms with Gasteiger partial charge in [-0.2, -0.15) is 0 Å². The molecule has 3 amide bonds. The topological polar surface area (TPSA) is 96.5 Å². The van der Waals surface area contributed by atoms with Gasteiger partial charge in [0.2, 0.25) is 5.91 Å². The summed E-state index contributed by atoms with van der Waals surface area (Å²) >= 11 is 11.9. The summed E-state index contributed by atoms with van der Waals surface area (Å²) in [5.74, 6) is -0.458. The zero-order chi connectivity index (χ0) is 21.4. The second-order valence-corrected chi connectivity index (χ2v) is 6.98. The maximum Gasteiger partial charge on any atom is 0.260 e. The number of nitrogens with one attached hydrogen (secondary N) is 3. The van der Waals surface area contributed by atoms with Crippen LogP contribution in [-0.4, -0.2) is 36.9 Å². The highest BCUT2D eigenvalue weighted by atomic mass is 35.5. The molecule has 0 aliphatic heterocycles. The van der Waals surface area contributed by atoms with Crippen molar-refractivity contribution in [2.45, 2.75) is 20.0 Å². The van der Waals surface area contributed by atoms with Gasteiger partial charge in [0.1, 0.15) is 5.75 Å². The Bertz CT molecular complexity index is 888. The molecule has 0 heterocycles. The number of carbonyl (C=O) groups excluding carboxylic acids is 3. The zero-order valence-electron chi connectivity index (χ0n) is 15.9. The van der Waals surface area contributed by atoms with E-state index < -0.39 is 6.10 Å². The molecule has 1 atom stereocenters. The number of halogens is 2. The lowest BCUT2D eigenvalue weighted by Gasteiger charge is -2.16. The van der Waals surface area contributed by atoms with Crippen LogP contribution in [0.25, 0.3) is 0 Å². The quantitative estimate of drug-likeness (QED) is 0.552. The first-order valence-corrected chi connectivity index (χ1v) is 9.57. The molecular weight excluding hydrogens is 417 g/mol. The Morgan fingerprint density at radius 1 is 1.00 bits per heavy atom. The van der Waals surface area contributed by atoms with E-state index in [1.165, 1.54) is 13.0 Å². The molecule has 0 unspecified atom stereocenters. The fraction of sp³-hybridized carbons (Fsp3) is 0.250. The first-order chi connectivity index (χ1) is 13.8. The summed E-state index contributed by atoms with van der Waals surface area (Å²) in [6.07, 6.45) is -0.773. The van der Waals surface area contributed by atoms with Crippen LogP contribution in [0, 0.1) is 0 Å². The predicted molar refractivity (Wildman–Crippen MR) is 113 cm³/mol. The van der Waals surface area contributed by atoms with Crippen molar-refractivity contribution in [3.8, 4) is 5.75 Å². The Morgan fingerprint density at radius 2 is 1.66 bits per heavy atom. The third-order valence-electron chi connectivity index (χ3n) is 3.74. The van der Waals surface area contributed by atoms with E-state index in [1.54, 1.807) is 43.3 Å². The summed E-state index contributed by atoms with van der Waals surface area (Å²) in [5, 5.41) is 8.79. The van der Waals surface area contributed by atoms with Gasteiger partial charge in [-0.25, -0.2) is 0 Å². The standard InChI is InChI=1S/C20H21Cl2N3O4/c1-12(29-18-8-5-15(21)11-17(18)22)19(27)23-9-10-24-20(28)14-3-6-16(7-4-14)25-13(2)26/h3-8,11-12H,9-10H2,1-2H3,(H,23,27)(H,24,28)(H,25,26)/t12-/m0/s1. The Kier molecular flexibility index (Phi) is 8.30. The van der Waals surface area contributed by atoms with E-state index in [-0.39, 0.29) is 30.8 Å². The highest BCUT2D eigenvalue weighted by molar-refractivity contribution is 6.35. The van der Waals surface area contributed by atoms with Gasteiger partial charge < -0.3 is 20.7 Å². The molecule has 2 aromatic rings. The first kappa shape index (κ1) is 22.5. The molecule has 0 aliphatic carbocycles. The van der Waals surface area contributed by atoms with Crippen molar-refractivity contribution >= 4 is 46.6 Å². The lowest BCUT2D eigenvalue weighted by Crippen LogP contribution is -2.40. The van der Waals surface area contributed by atoms with E-state index in [9.17, 15) is 14.4 Å². The Hall–Kier alpha value is -2.77. The van der Waals surface area contributed by atoms with Crippen molar-refractivity contribution in [2.24, 2.45) is 0 Å². The van der Waals surface area contributed by atoms with Gasteiger partial charge in [-0.1, -0.05) is 23.2 Å². The summed E-state index contributed by atoms with van der Waals surface area (Å²) < 4.78 is 5.53. The molecule has 3 N–H and O–H groups in total. The minimum atomic E-state index is -0.773. The molecule has 0 aliphatic rings. The SMILES string of the molecule is CC(=O)Nc1ccc(C(=O)NCCNC(=O)[C@H](C)Oc2ccc(Cl)cc2Cl)cc1. The highest BCUT2D eigenvalue weighted by Crippen LogP contribution is 2.28. The smallest absolute Gasteiger partial charge is 0.260 e. The third-order valence-corrected chi connectivity index (χ3v) is 4.27. The number of benzene rings is 2. The molecule has 29 heavy (non-hydrogen) atoms. The van der Waals surface area contributed by atoms with Crippen LogP contribution in [0.1, 0.15) is 24.2 Å². The van der Waals surface area contributed by atoms with Crippen LogP contribution in [0.3, 0.4) is 0 Å². The van der Waals surface area contributed by atoms with Crippen molar-refractivity contribution in [3.05, 3.63) is 58.1 Å². The van der Waals surface area contributed by atoms with E-state index in [0.29, 0.717) is 27.0 Å². The molecule has 9 heteroatoms. The summed E-state index contributed by atoms with van der Waals surface area (Å²) in [4.78, 5) is 35.2. The average Bonchev–Trinajstić information content (AvgIpc) is 2.67. The van der Waals surface area contributed by atoms with Crippen LogP contribution in [0.5, 0.6) is 5.75 Å². The van der Waals surface area contributed by atoms with Gasteiger partial charge in [-0.3, -0.25) is 14.4 Å². The van der Waals surface area contributed by atoms with E-state index in [1.807, 2.05) is 0 Å². The van der Waals surface area contributed by atoms with Gasteiger partial charge in [-0.15, -0.1) is 0 Å². The monoisotopic (exact) mass is 437 g/mol. The van der Waals surface area contributed by atoms with Crippen molar-refractivity contribution in [1.29, 1.82) is 0 Å². The minimum Gasteiger partial charge on any atom is -0.479 e. The molecule has 0 fully saturated rings. The summed E-state index contributed by atoms with van der Waals surface area (Å²) in [7, 11) is 0. The van der Waals surface area contributed by atoms with Crippen molar-refractivity contribution in [2.75, 3.05) is 18.4 Å². The highest BCUT2D eigenvalue weighted by Gasteiger charge is 2.16. The number of anilines is 1. The Balaban J connectivity index is 1.74. The average molecular weight is 438 g/mol. The van der Waals surface area contributed by atoms with E-state index in [0.717, 1.165) is 0 Å². The van der Waals surface area contributed by atoms with Gasteiger partial charge in [0.05, 0.1) is 5.02 Å². The molecule has 154 valence electrons. The van der Waals surface area contributed by atoms with Crippen LogP contribution >= 0.6 is 23.2 Å². The second kappa shape index (κ2) is 10.7. The summed E-state index contributed by atoms with van der Waals surface area (Å²) in [6, 6.07) is 11.2. The van der Waals surface area contributed by atoms with Crippen LogP contribution in [0.15, 0.2) is 42.5 Å². The predicted octanol–water partition coefficient (Wildman–Crippen LogP) is 3.27. The van der Waals surface area contributed by atoms with Gasteiger partial charge >= 0.3 is 0 Å². The molecule has 0 radical (unpaired) electrons. The molecular formula is C20H21Cl2N3O4. The number of hydrogen-bond acceptors (Lipinski definition) is 4. The van der Waals surface area contributed by atoms with Gasteiger partial charge in [0, 0.05) is 36.3 Å². The van der Waals surface area contributed by atoms with E-state index >= 15 is 0 Å². The second-order valence-electron chi connectivity index (χ2n) is 6.14. The molecule has 0 aromatic heterocycles. The van der Waals surface area contributed by atoms with Crippen LogP contribution < -0.4 is 20.7 Å². The first-order valence-electron chi connectivity index (χ1n) is 8.81. The maximum atomic E-state index is 12.1. The van der Waals surface area contributed by atoms with E-state index in [2.05, 4.69) is 16.0 Å². The van der Waals surface area contributed by atoms with Gasteiger partial charge in [0.25, 0.3) is 11.8 Å². The molecule has 0 saturated carbocycles. The molecule has 2 rings (SSSR count). The number of hydrogen-bond donors (Lipinski definition) is 3. The zero-order valence-corrected chi connectivity index (χ0v) is 17.4. The Labute approximate surface area is 178 Å². The van der Waals surface area contributed by atoms with Crippen LogP contribution in [-0.2, 0) is 9.59 Å². The minimum absolute atomic E-state index is 0.186. The number of ether oxygens (including phenoxy) is 1. The van der Waals surface area contributed by atoms with E-state index in [4.69, 9.17) is 27.9 Å². The summed E-state index contributed by atoms with van der Waals surface area (Å²) in [6.45, 7) is 3.48. The fourth-order valence-corrected chi connectivity index (χ4v) is 2.78.